The van der Waals surface area contributed by atoms with Crippen molar-refractivity contribution >= 4 is 0 Å². The van der Waals surface area contributed by atoms with Gasteiger partial charge < -0.3 is 4.74 Å². The van der Waals surface area contributed by atoms with Crippen molar-refractivity contribution in [3.63, 3.8) is 0 Å². The molecule has 0 atom stereocenters. The first-order chi connectivity index (χ1) is 9.67. The van der Waals surface area contributed by atoms with Crippen LogP contribution < -0.4 is 0 Å². The van der Waals surface area contributed by atoms with Gasteiger partial charge in [-0.1, -0.05) is 12.1 Å². The highest BCUT2D eigenvalue weighted by Gasteiger charge is 2.20. The Bertz CT molecular complexity index is 496. The molecule has 1 fully saturated rings. The van der Waals surface area contributed by atoms with Crippen LogP contribution in [0.2, 0.25) is 0 Å². The van der Waals surface area contributed by atoms with Gasteiger partial charge in [0.15, 0.2) is 5.83 Å². The molecule has 0 heterocycles. The molecule has 1 saturated carbocycles. The van der Waals surface area contributed by atoms with Crippen LogP contribution in [-0.4, -0.2) is 6.10 Å². The van der Waals surface area contributed by atoms with Crippen LogP contribution >= 0.6 is 0 Å². The van der Waals surface area contributed by atoms with E-state index in [1.165, 1.54) is 24.3 Å². The van der Waals surface area contributed by atoms with Gasteiger partial charge in [-0.3, -0.25) is 0 Å². The summed E-state index contributed by atoms with van der Waals surface area (Å²) < 4.78 is 31.4. The molecule has 1 aliphatic rings. The fourth-order valence-corrected chi connectivity index (χ4v) is 2.46. The summed E-state index contributed by atoms with van der Waals surface area (Å²) in [5, 5.41) is 8.40. The van der Waals surface area contributed by atoms with E-state index in [0.717, 1.165) is 31.2 Å². The lowest BCUT2D eigenvalue weighted by Gasteiger charge is -2.26. The Balaban J connectivity index is 1.75. The molecule has 0 saturated heterocycles. The number of hydrogen-bond donors (Lipinski definition) is 0. The Morgan fingerprint density at radius 3 is 2.50 bits per heavy atom. The first-order valence-corrected chi connectivity index (χ1v) is 6.81. The van der Waals surface area contributed by atoms with Gasteiger partial charge in [-0.25, -0.2) is 4.39 Å². The van der Waals surface area contributed by atoms with E-state index < -0.39 is 5.83 Å². The molecule has 106 valence electrons. The Morgan fingerprint density at radius 1 is 1.25 bits per heavy atom. The molecule has 2 nitrogen and oxygen atoms in total. The quantitative estimate of drug-likeness (QED) is 0.770. The summed E-state index contributed by atoms with van der Waals surface area (Å²) >= 11 is 0. The standard InChI is InChI=1S/C16H17F2NO/c17-14-5-1-13(2-6-14)11-20-16-7-3-12(4-8-16)9-15(18)10-19/h1-2,5-6,9,12,16H,3-4,7-8,11H2/b15-9-. The lowest BCUT2D eigenvalue weighted by molar-refractivity contribution is 0.0109. The molecule has 0 radical (unpaired) electrons. The number of nitriles is 1. The highest BCUT2D eigenvalue weighted by atomic mass is 19.1. The summed E-state index contributed by atoms with van der Waals surface area (Å²) in [4.78, 5) is 0. The number of rotatable bonds is 4. The van der Waals surface area contributed by atoms with Gasteiger partial charge in [-0.2, -0.15) is 9.65 Å². The molecule has 1 aromatic carbocycles. The van der Waals surface area contributed by atoms with Gasteiger partial charge in [-0.05, 0) is 55.4 Å². The molecule has 20 heavy (non-hydrogen) atoms. The third-order valence-electron chi connectivity index (χ3n) is 3.61. The van der Waals surface area contributed by atoms with Gasteiger partial charge in [0.25, 0.3) is 0 Å². The molecule has 1 aliphatic carbocycles. The minimum Gasteiger partial charge on any atom is -0.374 e. The van der Waals surface area contributed by atoms with E-state index in [1.807, 2.05) is 0 Å². The van der Waals surface area contributed by atoms with E-state index in [4.69, 9.17) is 10.00 Å². The van der Waals surface area contributed by atoms with Crippen molar-refractivity contribution in [2.24, 2.45) is 5.92 Å². The van der Waals surface area contributed by atoms with Crippen LogP contribution in [0.5, 0.6) is 0 Å². The monoisotopic (exact) mass is 277 g/mol. The topological polar surface area (TPSA) is 33.0 Å². The predicted octanol–water partition coefficient (Wildman–Crippen LogP) is 4.28. The second-order valence-electron chi connectivity index (χ2n) is 5.10. The zero-order valence-corrected chi connectivity index (χ0v) is 11.2. The highest BCUT2D eigenvalue weighted by molar-refractivity contribution is 5.15. The van der Waals surface area contributed by atoms with E-state index in [1.54, 1.807) is 12.1 Å². The van der Waals surface area contributed by atoms with Crippen LogP contribution in [-0.2, 0) is 11.3 Å². The summed E-state index contributed by atoms with van der Waals surface area (Å²) in [6.07, 6.45) is 4.97. The van der Waals surface area contributed by atoms with Gasteiger partial charge in [-0.15, -0.1) is 0 Å². The maximum Gasteiger partial charge on any atom is 0.196 e. The van der Waals surface area contributed by atoms with Gasteiger partial charge in [0.1, 0.15) is 11.9 Å². The van der Waals surface area contributed by atoms with E-state index in [2.05, 4.69) is 0 Å². The Morgan fingerprint density at radius 2 is 1.90 bits per heavy atom. The molecule has 0 aliphatic heterocycles. The molecule has 0 bridgehead atoms. The molecule has 0 N–H and O–H groups in total. The summed E-state index contributed by atoms with van der Waals surface area (Å²) in [5.41, 5.74) is 0.948. The maximum absolute atomic E-state index is 12.9. The lowest BCUT2D eigenvalue weighted by Crippen LogP contribution is -2.20. The molecular formula is C16H17F2NO. The number of benzene rings is 1. The molecule has 2 rings (SSSR count). The number of hydrogen-bond acceptors (Lipinski definition) is 2. The minimum atomic E-state index is -0.694. The van der Waals surface area contributed by atoms with E-state index >= 15 is 0 Å². The van der Waals surface area contributed by atoms with Gasteiger partial charge in [0, 0.05) is 0 Å². The zero-order valence-electron chi connectivity index (χ0n) is 11.2. The van der Waals surface area contributed by atoms with Gasteiger partial charge >= 0.3 is 0 Å². The molecular weight excluding hydrogens is 260 g/mol. The minimum absolute atomic E-state index is 0.139. The van der Waals surface area contributed by atoms with E-state index in [-0.39, 0.29) is 17.8 Å². The molecule has 0 amide bonds. The van der Waals surface area contributed by atoms with Crippen LogP contribution in [0.15, 0.2) is 36.2 Å². The molecule has 0 aromatic heterocycles. The largest absolute Gasteiger partial charge is 0.374 e. The number of halogens is 2. The normalized spacial score (nSPS) is 23.4. The molecule has 0 spiro atoms. The van der Waals surface area contributed by atoms with Crippen molar-refractivity contribution in [1.29, 1.82) is 5.26 Å². The SMILES string of the molecule is N#C/C(F)=C/C1CCC(OCc2ccc(F)cc2)CC1. The number of ether oxygens (including phenoxy) is 1. The summed E-state index contributed by atoms with van der Waals surface area (Å²) in [7, 11) is 0. The summed E-state index contributed by atoms with van der Waals surface area (Å²) in [6, 6.07) is 7.78. The maximum atomic E-state index is 12.9. The van der Waals surface area contributed by atoms with Gasteiger partial charge in [0.2, 0.25) is 0 Å². The highest BCUT2D eigenvalue weighted by Crippen LogP contribution is 2.28. The first-order valence-electron chi connectivity index (χ1n) is 6.81. The predicted molar refractivity (Wildman–Crippen MR) is 71.7 cm³/mol. The van der Waals surface area contributed by atoms with Crippen molar-refractivity contribution in [2.45, 2.75) is 38.4 Å². The molecule has 4 heteroatoms. The van der Waals surface area contributed by atoms with Crippen molar-refractivity contribution in [3.05, 3.63) is 47.5 Å². The smallest absolute Gasteiger partial charge is 0.196 e. The average Bonchev–Trinajstić information content (AvgIpc) is 2.48. The summed E-state index contributed by atoms with van der Waals surface area (Å²) in [5.74, 6) is -0.804. The van der Waals surface area contributed by atoms with Crippen molar-refractivity contribution in [2.75, 3.05) is 0 Å². The van der Waals surface area contributed by atoms with E-state index in [9.17, 15) is 8.78 Å². The average molecular weight is 277 g/mol. The zero-order chi connectivity index (χ0) is 14.4. The van der Waals surface area contributed by atoms with Crippen molar-refractivity contribution in [3.8, 4) is 6.07 Å². The third-order valence-corrected chi connectivity index (χ3v) is 3.61. The van der Waals surface area contributed by atoms with Gasteiger partial charge in [0.05, 0.1) is 12.7 Å². The van der Waals surface area contributed by atoms with Crippen LogP contribution in [0.1, 0.15) is 31.2 Å². The third kappa shape index (κ3) is 4.43. The van der Waals surface area contributed by atoms with Crippen LogP contribution in [0.25, 0.3) is 0 Å². The first kappa shape index (κ1) is 14.7. The Kier molecular flexibility index (Phi) is 5.25. The van der Waals surface area contributed by atoms with Crippen LogP contribution in [0, 0.1) is 23.1 Å². The molecule has 1 aromatic rings. The van der Waals surface area contributed by atoms with Crippen LogP contribution in [0.3, 0.4) is 0 Å². The fourth-order valence-electron chi connectivity index (χ4n) is 2.46. The Hall–Kier alpha value is -1.73. The summed E-state index contributed by atoms with van der Waals surface area (Å²) in [6.45, 7) is 0.470. The number of allylic oxidation sites excluding steroid dienone is 2. The van der Waals surface area contributed by atoms with Crippen LogP contribution in [0.4, 0.5) is 8.78 Å². The lowest BCUT2D eigenvalue weighted by atomic mass is 9.87. The second kappa shape index (κ2) is 7.16. The molecule has 0 unspecified atom stereocenters. The number of nitrogens with zero attached hydrogens (tertiary/aromatic N) is 1. The van der Waals surface area contributed by atoms with Crippen molar-refractivity contribution in [1.82, 2.24) is 0 Å². The Labute approximate surface area is 117 Å². The van der Waals surface area contributed by atoms with Crippen molar-refractivity contribution < 1.29 is 13.5 Å². The van der Waals surface area contributed by atoms with E-state index in [0.29, 0.717) is 6.61 Å². The second-order valence-corrected chi connectivity index (χ2v) is 5.10. The fraction of sp³-hybridized carbons (Fsp3) is 0.438.